The lowest BCUT2D eigenvalue weighted by Crippen LogP contribution is -2.37. The van der Waals surface area contributed by atoms with Gasteiger partial charge in [0.1, 0.15) is 5.82 Å². The molecule has 0 spiro atoms. The maximum Gasteiger partial charge on any atom is 0.356 e. The molecule has 1 fully saturated rings. The molecule has 2 aromatic rings. The molecule has 0 saturated carbocycles. The quantitative estimate of drug-likeness (QED) is 0.878. The lowest BCUT2D eigenvalue weighted by molar-refractivity contribution is 0.0389. The van der Waals surface area contributed by atoms with Gasteiger partial charge in [-0.2, -0.15) is 0 Å². The van der Waals surface area contributed by atoms with Gasteiger partial charge < -0.3 is 14.7 Å². The molecule has 0 atom stereocenters. The number of hydrogen-bond donors (Lipinski definition) is 1. The van der Waals surface area contributed by atoms with Gasteiger partial charge in [0.25, 0.3) is 0 Å². The Hall–Kier alpha value is -2.47. The highest BCUT2D eigenvalue weighted by molar-refractivity contribution is 5.84. The Morgan fingerprint density at radius 1 is 1.17 bits per heavy atom. The van der Waals surface area contributed by atoms with E-state index in [0.29, 0.717) is 0 Å². The Morgan fingerprint density at radius 2 is 1.92 bits per heavy atom. The van der Waals surface area contributed by atoms with Crippen LogP contribution in [0.5, 0.6) is 0 Å². The van der Waals surface area contributed by atoms with Crippen LogP contribution in [0.1, 0.15) is 28.9 Å². The van der Waals surface area contributed by atoms with Crippen molar-refractivity contribution in [1.82, 2.24) is 9.97 Å². The van der Waals surface area contributed by atoms with E-state index < -0.39 is 5.97 Å². The zero-order valence-corrected chi connectivity index (χ0v) is 13.5. The number of carboxylic acid groups (broad SMARTS) is 1. The number of carboxylic acids is 1. The summed E-state index contributed by atoms with van der Waals surface area (Å²) >= 11 is 0. The number of anilines is 1. The Morgan fingerprint density at radius 3 is 2.54 bits per heavy atom. The second-order valence-corrected chi connectivity index (χ2v) is 5.86. The molecule has 1 aromatic carbocycles. The fourth-order valence-corrected chi connectivity index (χ4v) is 2.83. The Kier molecular flexibility index (Phi) is 5.38. The van der Waals surface area contributed by atoms with E-state index in [4.69, 9.17) is 9.84 Å². The van der Waals surface area contributed by atoms with Crippen LogP contribution in [0.2, 0.25) is 0 Å². The number of aromatic carboxylic acids is 1. The summed E-state index contributed by atoms with van der Waals surface area (Å²) in [6.07, 6.45) is 5.92. The van der Waals surface area contributed by atoms with Crippen LogP contribution in [0.15, 0.2) is 42.7 Å². The molecule has 6 heteroatoms. The summed E-state index contributed by atoms with van der Waals surface area (Å²) in [4.78, 5) is 21.0. The van der Waals surface area contributed by atoms with Gasteiger partial charge in [0, 0.05) is 13.1 Å². The van der Waals surface area contributed by atoms with Gasteiger partial charge in [0.2, 0.25) is 0 Å². The molecule has 1 N–H and O–H groups in total. The van der Waals surface area contributed by atoms with Gasteiger partial charge in [-0.25, -0.2) is 14.8 Å². The molecule has 2 heterocycles. The molecule has 1 aliphatic rings. The summed E-state index contributed by atoms with van der Waals surface area (Å²) in [5, 5.41) is 8.85. The van der Waals surface area contributed by atoms with Gasteiger partial charge in [-0.15, -0.1) is 0 Å². The predicted octanol–water partition coefficient (Wildman–Crippen LogP) is 2.40. The molecule has 126 valence electrons. The van der Waals surface area contributed by atoms with Crippen LogP contribution in [0.25, 0.3) is 0 Å². The summed E-state index contributed by atoms with van der Waals surface area (Å²) in [7, 11) is 0. The molecule has 1 aromatic heterocycles. The molecule has 0 amide bonds. The summed E-state index contributed by atoms with van der Waals surface area (Å²) in [6.45, 7) is 2.43. The minimum Gasteiger partial charge on any atom is -0.476 e. The summed E-state index contributed by atoms with van der Waals surface area (Å²) < 4.78 is 5.98. The largest absolute Gasteiger partial charge is 0.476 e. The first-order valence-electron chi connectivity index (χ1n) is 8.18. The average molecular weight is 327 g/mol. The predicted molar refractivity (Wildman–Crippen MR) is 90.3 cm³/mol. The van der Waals surface area contributed by atoms with Crippen LogP contribution >= 0.6 is 0 Å². The fraction of sp³-hybridized carbons (Fsp3) is 0.389. The van der Waals surface area contributed by atoms with E-state index in [0.717, 1.165) is 44.8 Å². The van der Waals surface area contributed by atoms with E-state index in [1.807, 2.05) is 18.2 Å². The van der Waals surface area contributed by atoms with Crippen molar-refractivity contribution in [1.29, 1.82) is 0 Å². The number of hydrogen-bond acceptors (Lipinski definition) is 5. The third-order valence-corrected chi connectivity index (χ3v) is 4.21. The van der Waals surface area contributed by atoms with Gasteiger partial charge in [0.15, 0.2) is 5.69 Å². The minimum atomic E-state index is -1.06. The molecule has 6 nitrogen and oxygen atoms in total. The molecular formula is C18H21N3O3. The number of benzene rings is 1. The van der Waals surface area contributed by atoms with E-state index in [2.05, 4.69) is 27.0 Å². The average Bonchev–Trinajstić information content (AvgIpc) is 2.63. The summed E-state index contributed by atoms with van der Waals surface area (Å²) in [5.41, 5.74) is 1.27. The SMILES string of the molecule is O=C(O)c1cnc(N2CCC(OCCc3ccccc3)CC2)cn1. The van der Waals surface area contributed by atoms with Crippen molar-refractivity contribution < 1.29 is 14.6 Å². The van der Waals surface area contributed by atoms with Crippen LogP contribution in [0, 0.1) is 0 Å². The van der Waals surface area contributed by atoms with Crippen molar-refractivity contribution in [3.63, 3.8) is 0 Å². The first-order chi connectivity index (χ1) is 11.7. The number of carbonyl (C=O) groups is 1. The maximum atomic E-state index is 10.8. The lowest BCUT2D eigenvalue weighted by Gasteiger charge is -2.32. The number of ether oxygens (including phenoxy) is 1. The van der Waals surface area contributed by atoms with E-state index in [-0.39, 0.29) is 11.8 Å². The zero-order valence-electron chi connectivity index (χ0n) is 13.5. The van der Waals surface area contributed by atoms with E-state index in [1.54, 1.807) is 0 Å². The molecule has 24 heavy (non-hydrogen) atoms. The molecule has 3 rings (SSSR count). The van der Waals surface area contributed by atoms with Crippen molar-refractivity contribution >= 4 is 11.8 Å². The van der Waals surface area contributed by atoms with Crippen molar-refractivity contribution in [2.24, 2.45) is 0 Å². The molecule has 1 saturated heterocycles. The Balaban J connectivity index is 1.43. The van der Waals surface area contributed by atoms with E-state index in [1.165, 1.54) is 18.0 Å². The van der Waals surface area contributed by atoms with Gasteiger partial charge >= 0.3 is 5.97 Å². The third kappa shape index (κ3) is 4.29. The molecule has 0 radical (unpaired) electrons. The van der Waals surface area contributed by atoms with Crippen molar-refractivity contribution in [2.45, 2.75) is 25.4 Å². The normalized spacial score (nSPS) is 15.4. The second kappa shape index (κ2) is 7.88. The van der Waals surface area contributed by atoms with Gasteiger partial charge in [-0.1, -0.05) is 30.3 Å². The zero-order chi connectivity index (χ0) is 16.8. The Bertz CT molecular complexity index is 653. The van der Waals surface area contributed by atoms with Crippen LogP contribution in [-0.2, 0) is 11.2 Å². The molecular weight excluding hydrogens is 306 g/mol. The first kappa shape index (κ1) is 16.4. The topological polar surface area (TPSA) is 75.5 Å². The van der Waals surface area contributed by atoms with Crippen LogP contribution in [-0.4, -0.2) is 46.8 Å². The maximum absolute atomic E-state index is 10.8. The highest BCUT2D eigenvalue weighted by Crippen LogP contribution is 2.19. The highest BCUT2D eigenvalue weighted by Gasteiger charge is 2.21. The van der Waals surface area contributed by atoms with Crippen LogP contribution < -0.4 is 4.90 Å². The number of piperidine rings is 1. The number of aromatic nitrogens is 2. The minimum absolute atomic E-state index is 0.0297. The number of rotatable bonds is 6. The summed E-state index contributed by atoms with van der Waals surface area (Å²) in [5.74, 6) is -0.331. The fourth-order valence-electron chi connectivity index (χ4n) is 2.83. The van der Waals surface area contributed by atoms with Crippen LogP contribution in [0.3, 0.4) is 0 Å². The highest BCUT2D eigenvalue weighted by atomic mass is 16.5. The summed E-state index contributed by atoms with van der Waals surface area (Å²) in [6, 6.07) is 10.3. The standard InChI is InChI=1S/C18H21N3O3/c22-18(23)16-12-20-17(13-19-16)21-9-6-15(7-10-21)24-11-8-14-4-2-1-3-5-14/h1-5,12-13,15H,6-11H2,(H,22,23). The molecule has 0 bridgehead atoms. The van der Waals surface area contributed by atoms with Crippen molar-refractivity contribution in [3.05, 3.63) is 54.0 Å². The third-order valence-electron chi connectivity index (χ3n) is 4.21. The second-order valence-electron chi connectivity index (χ2n) is 5.86. The van der Waals surface area contributed by atoms with Crippen molar-refractivity contribution in [2.75, 3.05) is 24.6 Å². The molecule has 1 aliphatic heterocycles. The van der Waals surface area contributed by atoms with Crippen LogP contribution in [0.4, 0.5) is 5.82 Å². The van der Waals surface area contributed by atoms with E-state index >= 15 is 0 Å². The smallest absolute Gasteiger partial charge is 0.356 e. The Labute approximate surface area is 141 Å². The number of nitrogens with zero attached hydrogens (tertiary/aromatic N) is 3. The van der Waals surface area contributed by atoms with Crippen molar-refractivity contribution in [3.8, 4) is 0 Å². The monoisotopic (exact) mass is 327 g/mol. The van der Waals surface area contributed by atoms with Gasteiger partial charge in [-0.3, -0.25) is 0 Å². The molecule has 0 unspecified atom stereocenters. The van der Waals surface area contributed by atoms with E-state index in [9.17, 15) is 4.79 Å². The van der Waals surface area contributed by atoms with Gasteiger partial charge in [-0.05, 0) is 24.8 Å². The van der Waals surface area contributed by atoms with Gasteiger partial charge in [0.05, 0.1) is 25.1 Å². The first-order valence-corrected chi connectivity index (χ1v) is 8.18. The molecule has 0 aliphatic carbocycles. The lowest BCUT2D eigenvalue weighted by atomic mass is 10.1.